The standard InChI is InChI=1S/C20H36O2/c1-6-7-8-9-10-11-16(2)12-17(3)13-18(4)14-19(5)15-20(21)22/h12,14,16,19H,6-11,13,15H2,1-5H3,(H,21,22)/b17-12-,18-14+/t16-,19+/m1/s1. The van der Waals surface area contributed by atoms with Crippen LogP contribution in [0.2, 0.25) is 0 Å². The number of aliphatic carboxylic acids is 1. The lowest BCUT2D eigenvalue weighted by molar-refractivity contribution is -0.137. The van der Waals surface area contributed by atoms with Crippen LogP contribution in [0.25, 0.3) is 0 Å². The monoisotopic (exact) mass is 308 g/mol. The van der Waals surface area contributed by atoms with Gasteiger partial charge >= 0.3 is 5.97 Å². The minimum absolute atomic E-state index is 0.112. The van der Waals surface area contributed by atoms with Gasteiger partial charge in [-0.25, -0.2) is 0 Å². The molecule has 0 saturated heterocycles. The van der Waals surface area contributed by atoms with Gasteiger partial charge in [-0.1, -0.05) is 76.2 Å². The van der Waals surface area contributed by atoms with E-state index >= 15 is 0 Å². The predicted octanol–water partition coefficient (Wildman–Crippen LogP) is 6.38. The van der Waals surface area contributed by atoms with Crippen molar-refractivity contribution >= 4 is 5.97 Å². The molecule has 0 aromatic carbocycles. The van der Waals surface area contributed by atoms with Gasteiger partial charge in [-0.15, -0.1) is 0 Å². The molecule has 2 heteroatoms. The molecule has 22 heavy (non-hydrogen) atoms. The number of unbranched alkanes of at least 4 members (excludes halogenated alkanes) is 4. The average Bonchev–Trinajstić information content (AvgIpc) is 2.36. The number of hydrogen-bond acceptors (Lipinski definition) is 1. The predicted molar refractivity (Wildman–Crippen MR) is 96.1 cm³/mol. The van der Waals surface area contributed by atoms with E-state index in [1.807, 2.05) is 6.92 Å². The zero-order valence-corrected chi connectivity index (χ0v) is 15.3. The highest BCUT2D eigenvalue weighted by atomic mass is 16.4. The van der Waals surface area contributed by atoms with Crippen LogP contribution < -0.4 is 0 Å². The molecule has 0 spiro atoms. The summed E-state index contributed by atoms with van der Waals surface area (Å²) in [5.41, 5.74) is 2.68. The maximum atomic E-state index is 10.7. The molecule has 0 aromatic heterocycles. The Kier molecular flexibility index (Phi) is 11.9. The first-order valence-electron chi connectivity index (χ1n) is 8.91. The highest BCUT2D eigenvalue weighted by Gasteiger charge is 2.06. The van der Waals surface area contributed by atoms with E-state index in [-0.39, 0.29) is 12.3 Å². The molecule has 2 nitrogen and oxygen atoms in total. The summed E-state index contributed by atoms with van der Waals surface area (Å²) in [5, 5.41) is 8.79. The molecular formula is C20H36O2. The summed E-state index contributed by atoms with van der Waals surface area (Å²) in [7, 11) is 0. The first-order chi connectivity index (χ1) is 10.3. The molecule has 0 saturated carbocycles. The highest BCUT2D eigenvalue weighted by molar-refractivity contribution is 5.67. The van der Waals surface area contributed by atoms with Gasteiger partial charge in [-0.2, -0.15) is 0 Å². The second-order valence-electron chi connectivity index (χ2n) is 6.96. The van der Waals surface area contributed by atoms with E-state index in [0.717, 1.165) is 6.42 Å². The number of allylic oxidation sites excluding steroid dienone is 4. The zero-order chi connectivity index (χ0) is 17.0. The molecule has 2 atom stereocenters. The number of hydrogen-bond donors (Lipinski definition) is 1. The Morgan fingerprint density at radius 1 is 0.955 bits per heavy atom. The van der Waals surface area contributed by atoms with Crippen LogP contribution in [0.15, 0.2) is 23.3 Å². The second kappa shape index (κ2) is 12.5. The van der Waals surface area contributed by atoms with E-state index in [9.17, 15) is 4.79 Å². The molecule has 128 valence electrons. The van der Waals surface area contributed by atoms with Gasteiger partial charge in [0.05, 0.1) is 6.42 Å². The van der Waals surface area contributed by atoms with Gasteiger partial charge in [0.2, 0.25) is 0 Å². The largest absolute Gasteiger partial charge is 0.481 e. The summed E-state index contributed by atoms with van der Waals surface area (Å²) in [6, 6.07) is 0. The fraction of sp³-hybridized carbons (Fsp3) is 0.750. The van der Waals surface area contributed by atoms with Crippen LogP contribution in [0, 0.1) is 11.8 Å². The third-order valence-corrected chi connectivity index (χ3v) is 3.96. The minimum Gasteiger partial charge on any atom is -0.481 e. The van der Waals surface area contributed by atoms with E-state index in [1.165, 1.54) is 49.7 Å². The Bertz CT molecular complexity index is 366. The van der Waals surface area contributed by atoms with Crippen molar-refractivity contribution in [3.63, 3.8) is 0 Å². The average molecular weight is 309 g/mol. The van der Waals surface area contributed by atoms with Crippen LogP contribution in [0.4, 0.5) is 0 Å². The molecule has 0 unspecified atom stereocenters. The molecule has 0 heterocycles. The smallest absolute Gasteiger partial charge is 0.303 e. The molecule has 1 N–H and O–H groups in total. The maximum absolute atomic E-state index is 10.7. The van der Waals surface area contributed by atoms with Crippen molar-refractivity contribution in [2.24, 2.45) is 11.8 Å². The Morgan fingerprint density at radius 3 is 2.05 bits per heavy atom. The number of carbonyl (C=O) groups is 1. The number of carboxylic acids is 1. The lowest BCUT2D eigenvalue weighted by Crippen LogP contribution is -2.02. The van der Waals surface area contributed by atoms with Crippen LogP contribution in [-0.2, 0) is 4.79 Å². The maximum Gasteiger partial charge on any atom is 0.303 e. The van der Waals surface area contributed by atoms with Crippen LogP contribution in [0.3, 0.4) is 0 Å². The summed E-state index contributed by atoms with van der Waals surface area (Å²) < 4.78 is 0. The van der Waals surface area contributed by atoms with Gasteiger partial charge in [-0.05, 0) is 38.5 Å². The van der Waals surface area contributed by atoms with Crippen molar-refractivity contribution in [3.8, 4) is 0 Å². The lowest BCUT2D eigenvalue weighted by Gasteiger charge is -2.10. The fourth-order valence-electron chi connectivity index (χ4n) is 3.02. The third-order valence-electron chi connectivity index (χ3n) is 3.96. The topological polar surface area (TPSA) is 37.3 Å². The Balaban J connectivity index is 4.13. The molecule has 0 aliphatic carbocycles. The molecule has 0 aliphatic rings. The zero-order valence-electron chi connectivity index (χ0n) is 15.3. The van der Waals surface area contributed by atoms with Crippen molar-refractivity contribution in [1.82, 2.24) is 0 Å². The van der Waals surface area contributed by atoms with Gasteiger partial charge in [0, 0.05) is 0 Å². The molecular weight excluding hydrogens is 272 g/mol. The van der Waals surface area contributed by atoms with Gasteiger partial charge < -0.3 is 5.11 Å². The molecule has 0 aliphatic heterocycles. The first kappa shape index (κ1) is 20.9. The fourth-order valence-corrected chi connectivity index (χ4v) is 3.02. The summed E-state index contributed by atoms with van der Waals surface area (Å²) in [6.07, 6.45) is 13.7. The molecule has 0 aromatic rings. The van der Waals surface area contributed by atoms with Crippen molar-refractivity contribution in [2.75, 3.05) is 0 Å². The highest BCUT2D eigenvalue weighted by Crippen LogP contribution is 2.19. The number of rotatable bonds is 12. The Labute approximate surface area is 137 Å². The second-order valence-corrected chi connectivity index (χ2v) is 6.96. The lowest BCUT2D eigenvalue weighted by atomic mass is 9.96. The number of carboxylic acid groups (broad SMARTS) is 1. The molecule has 0 radical (unpaired) electrons. The Hall–Kier alpha value is -1.05. The van der Waals surface area contributed by atoms with E-state index in [2.05, 4.69) is 39.8 Å². The van der Waals surface area contributed by atoms with Gasteiger partial charge in [0.25, 0.3) is 0 Å². The Morgan fingerprint density at radius 2 is 1.50 bits per heavy atom. The molecule has 0 bridgehead atoms. The van der Waals surface area contributed by atoms with Crippen molar-refractivity contribution in [2.45, 2.75) is 86.0 Å². The molecule has 0 amide bonds. The summed E-state index contributed by atoms with van der Waals surface area (Å²) in [4.78, 5) is 10.7. The molecule has 0 fully saturated rings. The van der Waals surface area contributed by atoms with Gasteiger partial charge in [0.15, 0.2) is 0 Å². The quantitative estimate of drug-likeness (QED) is 0.335. The van der Waals surface area contributed by atoms with E-state index < -0.39 is 5.97 Å². The third kappa shape index (κ3) is 12.7. The van der Waals surface area contributed by atoms with Crippen molar-refractivity contribution < 1.29 is 9.90 Å². The van der Waals surface area contributed by atoms with E-state index in [1.54, 1.807) is 0 Å². The van der Waals surface area contributed by atoms with Crippen molar-refractivity contribution in [3.05, 3.63) is 23.3 Å². The summed E-state index contributed by atoms with van der Waals surface area (Å²) >= 11 is 0. The van der Waals surface area contributed by atoms with E-state index in [0.29, 0.717) is 5.92 Å². The molecule has 0 rings (SSSR count). The first-order valence-corrected chi connectivity index (χ1v) is 8.91. The van der Waals surface area contributed by atoms with E-state index in [4.69, 9.17) is 5.11 Å². The normalized spacial score (nSPS) is 15.7. The van der Waals surface area contributed by atoms with Crippen LogP contribution in [-0.4, -0.2) is 11.1 Å². The summed E-state index contributed by atoms with van der Waals surface area (Å²) in [5.74, 6) is 0.0349. The SMILES string of the molecule is CCCCCCC[C@@H](C)/C=C(/C)C/C(C)=C/[C@H](C)CC(=O)O. The van der Waals surface area contributed by atoms with Crippen LogP contribution in [0.5, 0.6) is 0 Å². The van der Waals surface area contributed by atoms with Crippen molar-refractivity contribution in [1.29, 1.82) is 0 Å². The van der Waals surface area contributed by atoms with Gasteiger partial charge in [0.1, 0.15) is 0 Å². The van der Waals surface area contributed by atoms with Gasteiger partial charge in [-0.3, -0.25) is 4.79 Å². The van der Waals surface area contributed by atoms with Crippen LogP contribution in [0.1, 0.15) is 86.0 Å². The van der Waals surface area contributed by atoms with Crippen LogP contribution >= 0.6 is 0 Å². The summed E-state index contributed by atoms with van der Waals surface area (Å²) in [6.45, 7) is 10.8. The minimum atomic E-state index is -0.722.